The lowest BCUT2D eigenvalue weighted by atomic mass is 9.87. The molecule has 0 amide bonds. The van der Waals surface area contributed by atoms with Gasteiger partial charge in [0.15, 0.2) is 0 Å². The third-order valence-electron chi connectivity index (χ3n) is 3.43. The van der Waals surface area contributed by atoms with E-state index in [-0.39, 0.29) is 12.0 Å². The first kappa shape index (κ1) is 12.9. The van der Waals surface area contributed by atoms with Gasteiger partial charge in [-0.2, -0.15) is 0 Å². The first-order chi connectivity index (χ1) is 7.03. The van der Waals surface area contributed by atoms with Gasteiger partial charge in [-0.3, -0.25) is 0 Å². The van der Waals surface area contributed by atoms with Crippen LogP contribution in [-0.2, 0) is 0 Å². The highest BCUT2D eigenvalue weighted by Crippen LogP contribution is 2.21. The summed E-state index contributed by atoms with van der Waals surface area (Å²) < 4.78 is 0. The summed E-state index contributed by atoms with van der Waals surface area (Å²) in [6.45, 7) is 5.67. The van der Waals surface area contributed by atoms with Gasteiger partial charge in [-0.05, 0) is 37.5 Å². The quantitative estimate of drug-likeness (QED) is 0.645. The molecule has 0 saturated heterocycles. The number of hydrogen-bond donors (Lipinski definition) is 3. The zero-order valence-electron chi connectivity index (χ0n) is 10.1. The van der Waals surface area contributed by atoms with Crippen molar-refractivity contribution in [3.8, 4) is 0 Å². The molecule has 90 valence electrons. The van der Waals surface area contributed by atoms with Gasteiger partial charge in [-0.1, -0.05) is 13.8 Å². The molecule has 1 aliphatic rings. The van der Waals surface area contributed by atoms with Gasteiger partial charge < -0.3 is 16.2 Å². The number of nitrogens with two attached hydrogens (primary N) is 1. The molecule has 3 nitrogen and oxygen atoms in total. The van der Waals surface area contributed by atoms with Crippen LogP contribution in [0.5, 0.6) is 0 Å². The van der Waals surface area contributed by atoms with Crippen molar-refractivity contribution in [2.45, 2.75) is 58.0 Å². The zero-order valence-corrected chi connectivity index (χ0v) is 10.1. The molecule has 0 heterocycles. The Morgan fingerprint density at radius 1 is 1.27 bits per heavy atom. The average molecular weight is 214 g/mol. The number of aliphatic hydroxyl groups excluding tert-OH is 1. The van der Waals surface area contributed by atoms with Crippen LogP contribution in [0.15, 0.2) is 0 Å². The number of hydrogen-bond acceptors (Lipinski definition) is 3. The molecule has 15 heavy (non-hydrogen) atoms. The Morgan fingerprint density at radius 3 is 2.40 bits per heavy atom. The molecule has 0 radical (unpaired) electrons. The fourth-order valence-electron chi connectivity index (χ4n) is 2.14. The van der Waals surface area contributed by atoms with E-state index in [1.165, 1.54) is 12.8 Å². The minimum atomic E-state index is 0.203. The van der Waals surface area contributed by atoms with Gasteiger partial charge in [-0.15, -0.1) is 0 Å². The number of nitrogens with one attached hydrogen (secondary N) is 1. The largest absolute Gasteiger partial charge is 0.396 e. The van der Waals surface area contributed by atoms with E-state index in [1.807, 2.05) is 0 Å². The monoisotopic (exact) mass is 214 g/mol. The molecule has 0 atom stereocenters. The maximum atomic E-state index is 8.93. The average Bonchev–Trinajstić information content (AvgIpc) is 2.17. The van der Waals surface area contributed by atoms with Crippen molar-refractivity contribution in [3.63, 3.8) is 0 Å². The number of aliphatic hydroxyl groups is 1. The molecule has 1 rings (SSSR count). The molecule has 4 N–H and O–H groups in total. The van der Waals surface area contributed by atoms with E-state index in [0.717, 1.165) is 25.8 Å². The van der Waals surface area contributed by atoms with Crippen LogP contribution < -0.4 is 11.1 Å². The Kier molecular flexibility index (Phi) is 5.03. The standard InChI is InChI=1S/C12H26N2O/c1-12(2,7-8-15)9-14-11-5-3-10(13)4-6-11/h10-11,14-15H,3-9,13H2,1-2H3. The van der Waals surface area contributed by atoms with Gasteiger partial charge in [0.25, 0.3) is 0 Å². The molecule has 0 aromatic rings. The van der Waals surface area contributed by atoms with Gasteiger partial charge >= 0.3 is 0 Å². The zero-order chi connectivity index (χ0) is 11.3. The van der Waals surface area contributed by atoms with Crippen molar-refractivity contribution < 1.29 is 5.11 Å². The molecule has 0 unspecified atom stereocenters. The Morgan fingerprint density at radius 2 is 1.87 bits per heavy atom. The van der Waals surface area contributed by atoms with Crippen LogP contribution in [0.1, 0.15) is 46.0 Å². The molecule has 0 bridgehead atoms. The Hall–Kier alpha value is -0.120. The smallest absolute Gasteiger partial charge is 0.0436 e. The van der Waals surface area contributed by atoms with E-state index in [1.54, 1.807) is 0 Å². The van der Waals surface area contributed by atoms with Gasteiger partial charge in [0.1, 0.15) is 0 Å². The molecule has 1 saturated carbocycles. The van der Waals surface area contributed by atoms with Crippen LogP contribution in [-0.4, -0.2) is 30.3 Å². The summed E-state index contributed by atoms with van der Waals surface area (Å²) in [7, 11) is 0. The lowest BCUT2D eigenvalue weighted by Crippen LogP contribution is -2.41. The van der Waals surface area contributed by atoms with Crippen LogP contribution in [0.2, 0.25) is 0 Å². The van der Waals surface area contributed by atoms with Crippen molar-refractivity contribution in [2.75, 3.05) is 13.2 Å². The van der Waals surface area contributed by atoms with Crippen LogP contribution >= 0.6 is 0 Å². The summed E-state index contributed by atoms with van der Waals surface area (Å²) >= 11 is 0. The second-order valence-corrected chi connectivity index (χ2v) is 5.63. The molecule has 1 aliphatic carbocycles. The molecule has 3 heteroatoms. The fraction of sp³-hybridized carbons (Fsp3) is 1.00. The molecular formula is C12H26N2O. The highest BCUT2D eigenvalue weighted by atomic mass is 16.3. The summed E-state index contributed by atoms with van der Waals surface area (Å²) in [5, 5.41) is 12.5. The van der Waals surface area contributed by atoms with Crippen LogP contribution in [0, 0.1) is 5.41 Å². The molecule has 1 fully saturated rings. The highest BCUT2D eigenvalue weighted by Gasteiger charge is 2.22. The maximum Gasteiger partial charge on any atom is 0.0436 e. The second-order valence-electron chi connectivity index (χ2n) is 5.63. The Bertz CT molecular complexity index is 174. The summed E-state index contributed by atoms with van der Waals surface area (Å²) in [5.74, 6) is 0. The van der Waals surface area contributed by atoms with E-state index in [9.17, 15) is 0 Å². The SMILES string of the molecule is CC(C)(CCO)CNC1CCC(N)CC1. The molecule has 0 aromatic heterocycles. The predicted molar refractivity (Wildman–Crippen MR) is 63.7 cm³/mol. The third kappa shape index (κ3) is 4.96. The molecule has 0 aromatic carbocycles. The molecular weight excluding hydrogens is 188 g/mol. The lowest BCUT2D eigenvalue weighted by molar-refractivity contribution is 0.197. The van der Waals surface area contributed by atoms with E-state index < -0.39 is 0 Å². The second kappa shape index (κ2) is 5.83. The van der Waals surface area contributed by atoms with Crippen molar-refractivity contribution in [3.05, 3.63) is 0 Å². The minimum absolute atomic E-state index is 0.203. The van der Waals surface area contributed by atoms with Gasteiger partial charge in [0.05, 0.1) is 0 Å². The molecule has 0 aliphatic heterocycles. The summed E-state index contributed by atoms with van der Waals surface area (Å²) in [6.07, 6.45) is 5.58. The first-order valence-corrected chi connectivity index (χ1v) is 6.13. The summed E-state index contributed by atoms with van der Waals surface area (Å²) in [5.41, 5.74) is 6.07. The summed E-state index contributed by atoms with van der Waals surface area (Å²) in [4.78, 5) is 0. The fourth-order valence-corrected chi connectivity index (χ4v) is 2.14. The minimum Gasteiger partial charge on any atom is -0.396 e. The number of rotatable bonds is 5. The van der Waals surface area contributed by atoms with Crippen LogP contribution in [0.25, 0.3) is 0 Å². The van der Waals surface area contributed by atoms with Crippen molar-refractivity contribution >= 4 is 0 Å². The van der Waals surface area contributed by atoms with Crippen LogP contribution in [0.3, 0.4) is 0 Å². The first-order valence-electron chi connectivity index (χ1n) is 6.13. The van der Waals surface area contributed by atoms with Crippen LogP contribution in [0.4, 0.5) is 0 Å². The topological polar surface area (TPSA) is 58.3 Å². The van der Waals surface area contributed by atoms with E-state index in [2.05, 4.69) is 19.2 Å². The summed E-state index contributed by atoms with van der Waals surface area (Å²) in [6, 6.07) is 1.07. The van der Waals surface area contributed by atoms with Crippen molar-refractivity contribution in [1.29, 1.82) is 0 Å². The Labute approximate surface area is 93.4 Å². The normalized spacial score (nSPS) is 28.0. The maximum absolute atomic E-state index is 8.93. The van der Waals surface area contributed by atoms with Crippen molar-refractivity contribution in [2.24, 2.45) is 11.1 Å². The van der Waals surface area contributed by atoms with Gasteiger partial charge in [0, 0.05) is 25.2 Å². The van der Waals surface area contributed by atoms with Gasteiger partial charge in [0.2, 0.25) is 0 Å². The van der Waals surface area contributed by atoms with Gasteiger partial charge in [-0.25, -0.2) is 0 Å². The Balaban J connectivity index is 2.19. The third-order valence-corrected chi connectivity index (χ3v) is 3.43. The van der Waals surface area contributed by atoms with E-state index >= 15 is 0 Å². The highest BCUT2D eigenvalue weighted by molar-refractivity contribution is 4.81. The lowest BCUT2D eigenvalue weighted by Gasteiger charge is -2.31. The molecule has 0 spiro atoms. The van der Waals surface area contributed by atoms with Crippen molar-refractivity contribution in [1.82, 2.24) is 5.32 Å². The van der Waals surface area contributed by atoms with E-state index in [4.69, 9.17) is 10.8 Å². The van der Waals surface area contributed by atoms with E-state index in [0.29, 0.717) is 12.1 Å². The predicted octanol–water partition coefficient (Wildman–Crippen LogP) is 1.25.